The first-order valence-electron chi connectivity index (χ1n) is 10.3. The van der Waals surface area contributed by atoms with Gasteiger partial charge in [0.15, 0.2) is 0 Å². The summed E-state index contributed by atoms with van der Waals surface area (Å²) in [4.78, 5) is 5.11. The third kappa shape index (κ3) is 4.47. The zero-order chi connectivity index (χ0) is 18.1. The summed E-state index contributed by atoms with van der Waals surface area (Å²) >= 11 is 0. The number of nitrogens with zero attached hydrogens (tertiary/aromatic N) is 4. The second-order valence-corrected chi connectivity index (χ2v) is 9.18. The van der Waals surface area contributed by atoms with Crippen LogP contribution in [0.1, 0.15) is 50.6 Å². The van der Waals surface area contributed by atoms with E-state index in [1.54, 1.807) is 0 Å². The standard InChI is InChI=1S/C20H34N4O2/c1-20(2,14-22-8-10-26-11-9-22)15-23-6-3-7-24-17(13-23)12-18(21-24)19(25)16-4-5-16/h12,16,19,25H,3-11,13-15H2,1-2H3. The Morgan fingerprint density at radius 2 is 1.88 bits per heavy atom. The van der Waals surface area contributed by atoms with Crippen LogP contribution in [0.2, 0.25) is 0 Å². The highest BCUT2D eigenvalue weighted by Crippen LogP contribution is 2.40. The minimum absolute atomic E-state index is 0.253. The first-order valence-corrected chi connectivity index (χ1v) is 10.3. The van der Waals surface area contributed by atoms with E-state index in [4.69, 9.17) is 9.84 Å². The topological polar surface area (TPSA) is 53.8 Å². The quantitative estimate of drug-likeness (QED) is 0.838. The minimum atomic E-state index is -0.361. The monoisotopic (exact) mass is 362 g/mol. The number of rotatable bonds is 6. The molecule has 1 unspecified atom stereocenters. The van der Waals surface area contributed by atoms with Crippen molar-refractivity contribution in [2.75, 3.05) is 45.9 Å². The van der Waals surface area contributed by atoms with Crippen LogP contribution >= 0.6 is 0 Å². The Labute approximate surface area is 157 Å². The Hall–Kier alpha value is -0.950. The van der Waals surface area contributed by atoms with Crippen LogP contribution in [-0.4, -0.2) is 70.6 Å². The van der Waals surface area contributed by atoms with E-state index in [1.165, 1.54) is 5.69 Å². The lowest BCUT2D eigenvalue weighted by Crippen LogP contribution is -2.46. The van der Waals surface area contributed by atoms with Gasteiger partial charge in [-0.3, -0.25) is 14.5 Å². The summed E-state index contributed by atoms with van der Waals surface area (Å²) in [5, 5.41) is 15.1. The number of aliphatic hydroxyl groups excluding tert-OH is 1. The lowest BCUT2D eigenvalue weighted by atomic mass is 9.91. The molecule has 1 atom stereocenters. The fourth-order valence-electron chi connectivity index (χ4n) is 4.50. The second kappa shape index (κ2) is 7.58. The number of aliphatic hydroxyl groups is 1. The SMILES string of the molecule is CC(C)(CN1CCOCC1)CN1CCCn2nc(C(O)C3CC3)cc2C1. The van der Waals surface area contributed by atoms with Gasteiger partial charge in [-0.2, -0.15) is 5.10 Å². The number of fused-ring (bicyclic) bond motifs is 1. The first-order chi connectivity index (χ1) is 12.5. The maximum atomic E-state index is 10.4. The largest absolute Gasteiger partial charge is 0.386 e. The van der Waals surface area contributed by atoms with Crippen molar-refractivity contribution in [3.63, 3.8) is 0 Å². The lowest BCUT2D eigenvalue weighted by Gasteiger charge is -2.37. The van der Waals surface area contributed by atoms with E-state index >= 15 is 0 Å². The molecular formula is C20H34N4O2. The molecular weight excluding hydrogens is 328 g/mol. The van der Waals surface area contributed by atoms with Crippen LogP contribution < -0.4 is 0 Å². The average molecular weight is 363 g/mol. The van der Waals surface area contributed by atoms with E-state index in [9.17, 15) is 5.11 Å². The van der Waals surface area contributed by atoms with Crippen LogP contribution in [0.25, 0.3) is 0 Å². The van der Waals surface area contributed by atoms with Crippen LogP contribution in [-0.2, 0) is 17.8 Å². The highest BCUT2D eigenvalue weighted by Gasteiger charge is 2.33. The molecule has 26 heavy (non-hydrogen) atoms. The van der Waals surface area contributed by atoms with Crippen molar-refractivity contribution < 1.29 is 9.84 Å². The van der Waals surface area contributed by atoms with Gasteiger partial charge < -0.3 is 9.84 Å². The summed E-state index contributed by atoms with van der Waals surface area (Å²) in [6.07, 6.45) is 3.05. The predicted molar refractivity (Wildman–Crippen MR) is 101 cm³/mol. The minimum Gasteiger partial charge on any atom is -0.386 e. The molecule has 6 nitrogen and oxygen atoms in total. The predicted octanol–water partition coefficient (Wildman–Crippen LogP) is 1.89. The maximum absolute atomic E-state index is 10.4. The molecule has 6 heteroatoms. The molecule has 0 aromatic carbocycles. The summed E-state index contributed by atoms with van der Waals surface area (Å²) in [6, 6.07) is 2.15. The number of aryl methyl sites for hydroxylation is 1. The second-order valence-electron chi connectivity index (χ2n) is 9.18. The number of hydrogen-bond acceptors (Lipinski definition) is 5. The van der Waals surface area contributed by atoms with Gasteiger partial charge in [-0.1, -0.05) is 13.8 Å². The summed E-state index contributed by atoms with van der Waals surface area (Å²) < 4.78 is 7.62. The molecule has 2 fully saturated rings. The molecule has 4 rings (SSSR count). The van der Waals surface area contributed by atoms with E-state index in [2.05, 4.69) is 34.4 Å². The summed E-state index contributed by atoms with van der Waals surface area (Å²) in [5.41, 5.74) is 2.40. The van der Waals surface area contributed by atoms with E-state index in [-0.39, 0.29) is 11.5 Å². The molecule has 0 amide bonds. The highest BCUT2D eigenvalue weighted by molar-refractivity contribution is 5.15. The highest BCUT2D eigenvalue weighted by atomic mass is 16.5. The fourth-order valence-corrected chi connectivity index (χ4v) is 4.50. The van der Waals surface area contributed by atoms with Crippen LogP contribution in [0.3, 0.4) is 0 Å². The number of morpholine rings is 1. The summed E-state index contributed by atoms with van der Waals surface area (Å²) in [7, 11) is 0. The van der Waals surface area contributed by atoms with Crippen molar-refractivity contribution in [2.45, 2.75) is 52.3 Å². The van der Waals surface area contributed by atoms with Crippen molar-refractivity contribution in [2.24, 2.45) is 11.3 Å². The number of ether oxygens (including phenoxy) is 1. The van der Waals surface area contributed by atoms with Gasteiger partial charge in [-0.15, -0.1) is 0 Å². The summed E-state index contributed by atoms with van der Waals surface area (Å²) in [6.45, 7) is 13.8. The van der Waals surface area contributed by atoms with Crippen LogP contribution in [0, 0.1) is 11.3 Å². The van der Waals surface area contributed by atoms with Gasteiger partial charge in [0, 0.05) is 45.8 Å². The number of hydrogen-bond donors (Lipinski definition) is 1. The van der Waals surface area contributed by atoms with E-state index in [1.807, 2.05) is 0 Å². The molecule has 0 radical (unpaired) electrons. The van der Waals surface area contributed by atoms with Gasteiger partial charge in [-0.05, 0) is 36.7 Å². The van der Waals surface area contributed by atoms with Crippen LogP contribution in [0.4, 0.5) is 0 Å². The molecule has 0 spiro atoms. The zero-order valence-corrected chi connectivity index (χ0v) is 16.4. The Balaban J connectivity index is 1.38. The zero-order valence-electron chi connectivity index (χ0n) is 16.4. The van der Waals surface area contributed by atoms with Gasteiger partial charge in [0.25, 0.3) is 0 Å². The van der Waals surface area contributed by atoms with Crippen molar-refractivity contribution in [1.82, 2.24) is 19.6 Å². The van der Waals surface area contributed by atoms with Crippen LogP contribution in [0.5, 0.6) is 0 Å². The molecule has 0 bridgehead atoms. The van der Waals surface area contributed by atoms with Crippen molar-refractivity contribution in [1.29, 1.82) is 0 Å². The number of aromatic nitrogens is 2. The Bertz CT molecular complexity index is 605. The van der Waals surface area contributed by atoms with Crippen molar-refractivity contribution in [3.8, 4) is 0 Å². The fraction of sp³-hybridized carbons (Fsp3) is 0.850. The first kappa shape index (κ1) is 18.4. The van der Waals surface area contributed by atoms with Gasteiger partial charge in [0.2, 0.25) is 0 Å². The average Bonchev–Trinajstić information content (AvgIpc) is 3.39. The molecule has 1 aromatic heterocycles. The maximum Gasteiger partial charge on any atom is 0.101 e. The Morgan fingerprint density at radius 3 is 2.62 bits per heavy atom. The van der Waals surface area contributed by atoms with Crippen LogP contribution in [0.15, 0.2) is 6.07 Å². The van der Waals surface area contributed by atoms with E-state index < -0.39 is 0 Å². The van der Waals surface area contributed by atoms with Crippen molar-refractivity contribution >= 4 is 0 Å². The van der Waals surface area contributed by atoms with Gasteiger partial charge in [0.1, 0.15) is 6.10 Å². The molecule has 1 saturated heterocycles. The normalized spacial score (nSPS) is 24.3. The van der Waals surface area contributed by atoms with E-state index in [0.29, 0.717) is 5.92 Å². The van der Waals surface area contributed by atoms with E-state index in [0.717, 1.165) is 84.0 Å². The Morgan fingerprint density at radius 1 is 1.15 bits per heavy atom. The molecule has 146 valence electrons. The molecule has 3 heterocycles. The Kier molecular flexibility index (Phi) is 5.37. The van der Waals surface area contributed by atoms with Gasteiger partial charge in [-0.25, -0.2) is 0 Å². The smallest absolute Gasteiger partial charge is 0.101 e. The molecule has 2 aliphatic heterocycles. The molecule has 1 saturated carbocycles. The molecule has 1 aliphatic carbocycles. The molecule has 3 aliphatic rings. The third-order valence-electron chi connectivity index (χ3n) is 5.89. The summed E-state index contributed by atoms with van der Waals surface area (Å²) in [5.74, 6) is 0.442. The van der Waals surface area contributed by atoms with Crippen molar-refractivity contribution in [3.05, 3.63) is 17.5 Å². The lowest BCUT2D eigenvalue weighted by molar-refractivity contribution is 0.0146. The molecule has 1 aromatic rings. The van der Waals surface area contributed by atoms with Gasteiger partial charge >= 0.3 is 0 Å². The molecule has 1 N–H and O–H groups in total. The van der Waals surface area contributed by atoms with Gasteiger partial charge in [0.05, 0.1) is 24.6 Å². The third-order valence-corrected chi connectivity index (χ3v) is 5.89.